The number of hydrogen-bond acceptors (Lipinski definition) is 4. The van der Waals surface area contributed by atoms with Crippen molar-refractivity contribution in [2.75, 3.05) is 0 Å². The first kappa shape index (κ1) is 15.8. The number of carbonyl (C=O) groups excluding carboxylic acids is 1. The summed E-state index contributed by atoms with van der Waals surface area (Å²) in [5.41, 5.74) is 3.18. The van der Waals surface area contributed by atoms with E-state index in [0.29, 0.717) is 16.9 Å². The van der Waals surface area contributed by atoms with Crippen LogP contribution in [0.25, 0.3) is 10.5 Å². The van der Waals surface area contributed by atoms with Crippen molar-refractivity contribution in [2.24, 2.45) is 0 Å². The Labute approximate surface area is 146 Å². The van der Waals surface area contributed by atoms with Crippen LogP contribution in [0.1, 0.15) is 24.5 Å². The summed E-state index contributed by atoms with van der Waals surface area (Å²) in [7, 11) is -3.66. The lowest BCUT2D eigenvalue weighted by molar-refractivity contribution is -0.143. The monoisotopic (exact) mass is 352 g/mol. The zero-order valence-electron chi connectivity index (χ0n) is 13.6. The Morgan fingerprint density at radius 2 is 1.64 bits per heavy atom. The van der Waals surface area contributed by atoms with Gasteiger partial charge in [0.25, 0.3) is 0 Å². The molecule has 5 heteroatoms. The van der Waals surface area contributed by atoms with Crippen LogP contribution in [-0.4, -0.2) is 20.5 Å². The smallest absolute Gasteiger partial charge is 0.303 e. The standard InChI is InChI=1S/C20H16O4S/c1-13(21)24-14-11-18-16-9-5-6-10-17(16)20(19(18)12-14)25(22,23)15-7-3-2-4-8-15/h2-11,14H,12H2,1H3/t14-/m0/s1. The molecule has 0 unspecified atom stereocenters. The fourth-order valence-corrected chi connectivity index (χ4v) is 5.25. The SMILES string of the molecule is CC(=O)O[C@H]1C=C2C(=C(S(=O)(=O)c3ccccc3)c3ccccc32)C1. The van der Waals surface area contributed by atoms with E-state index < -0.39 is 15.9 Å². The summed E-state index contributed by atoms with van der Waals surface area (Å²) in [6, 6.07) is 15.9. The van der Waals surface area contributed by atoms with Crippen LogP contribution in [0.15, 0.2) is 71.1 Å². The number of benzene rings is 2. The van der Waals surface area contributed by atoms with Gasteiger partial charge in [0.05, 0.1) is 9.80 Å². The topological polar surface area (TPSA) is 60.4 Å². The first-order chi connectivity index (χ1) is 12.0. The lowest BCUT2D eigenvalue weighted by Crippen LogP contribution is -2.12. The van der Waals surface area contributed by atoms with Crippen LogP contribution < -0.4 is 0 Å². The Kier molecular flexibility index (Phi) is 3.62. The summed E-state index contributed by atoms with van der Waals surface area (Å²) in [6.07, 6.45) is 1.81. The van der Waals surface area contributed by atoms with Gasteiger partial charge in [0.1, 0.15) is 6.10 Å². The molecule has 0 aliphatic heterocycles. The van der Waals surface area contributed by atoms with Crippen molar-refractivity contribution in [2.45, 2.75) is 24.3 Å². The van der Waals surface area contributed by atoms with Crippen LogP contribution in [0, 0.1) is 0 Å². The normalized spacial score (nSPS) is 18.6. The molecule has 0 saturated carbocycles. The number of fused-ring (bicyclic) bond motifs is 3. The molecule has 0 amide bonds. The van der Waals surface area contributed by atoms with E-state index in [2.05, 4.69) is 0 Å². The molecule has 1 atom stereocenters. The Hall–Kier alpha value is -2.66. The Balaban J connectivity index is 1.91. The van der Waals surface area contributed by atoms with E-state index in [-0.39, 0.29) is 10.9 Å². The van der Waals surface area contributed by atoms with E-state index in [1.807, 2.05) is 30.3 Å². The summed E-state index contributed by atoms with van der Waals surface area (Å²) in [5, 5.41) is 0. The molecule has 0 fully saturated rings. The molecule has 0 radical (unpaired) electrons. The molecule has 0 N–H and O–H groups in total. The van der Waals surface area contributed by atoms with E-state index >= 15 is 0 Å². The van der Waals surface area contributed by atoms with Gasteiger partial charge < -0.3 is 4.74 Å². The van der Waals surface area contributed by atoms with Gasteiger partial charge in [0.2, 0.25) is 9.84 Å². The van der Waals surface area contributed by atoms with Crippen LogP contribution in [0.5, 0.6) is 0 Å². The molecule has 2 aromatic carbocycles. The van der Waals surface area contributed by atoms with Crippen LogP contribution in [0.2, 0.25) is 0 Å². The van der Waals surface area contributed by atoms with Gasteiger partial charge in [-0.1, -0.05) is 42.5 Å². The fraction of sp³-hybridized carbons (Fsp3) is 0.150. The number of sulfone groups is 1. The summed E-state index contributed by atoms with van der Waals surface area (Å²) in [6.45, 7) is 1.36. The lowest BCUT2D eigenvalue weighted by Gasteiger charge is -2.12. The van der Waals surface area contributed by atoms with Crippen molar-refractivity contribution < 1.29 is 17.9 Å². The first-order valence-corrected chi connectivity index (χ1v) is 9.49. The molecule has 2 aromatic rings. The molecule has 0 aromatic heterocycles. The van der Waals surface area contributed by atoms with Gasteiger partial charge in [-0.25, -0.2) is 8.42 Å². The van der Waals surface area contributed by atoms with Crippen LogP contribution in [0.3, 0.4) is 0 Å². The molecule has 4 rings (SSSR count). The largest absolute Gasteiger partial charge is 0.458 e. The second kappa shape index (κ2) is 5.70. The number of rotatable bonds is 3. The van der Waals surface area contributed by atoms with E-state index in [4.69, 9.17) is 4.74 Å². The summed E-state index contributed by atoms with van der Waals surface area (Å²) in [4.78, 5) is 11.9. The fourth-order valence-electron chi connectivity index (χ4n) is 3.52. The van der Waals surface area contributed by atoms with Crippen molar-refractivity contribution in [1.29, 1.82) is 0 Å². The van der Waals surface area contributed by atoms with Gasteiger partial charge in [0.15, 0.2) is 0 Å². The average molecular weight is 352 g/mol. The first-order valence-electron chi connectivity index (χ1n) is 8.01. The van der Waals surface area contributed by atoms with E-state index in [9.17, 15) is 13.2 Å². The van der Waals surface area contributed by atoms with E-state index in [1.165, 1.54) is 6.92 Å². The number of hydrogen-bond donors (Lipinski definition) is 0. The summed E-state index contributed by atoms with van der Waals surface area (Å²) < 4.78 is 31.8. The molecular weight excluding hydrogens is 336 g/mol. The molecule has 25 heavy (non-hydrogen) atoms. The highest BCUT2D eigenvalue weighted by Crippen LogP contribution is 2.50. The Morgan fingerprint density at radius 3 is 2.32 bits per heavy atom. The van der Waals surface area contributed by atoms with Crippen LogP contribution >= 0.6 is 0 Å². The maximum absolute atomic E-state index is 13.3. The third-order valence-corrected chi connectivity index (χ3v) is 6.36. The second-order valence-corrected chi connectivity index (χ2v) is 7.99. The van der Waals surface area contributed by atoms with Gasteiger partial charge in [0, 0.05) is 18.9 Å². The van der Waals surface area contributed by atoms with Crippen molar-refractivity contribution in [1.82, 2.24) is 0 Å². The van der Waals surface area contributed by atoms with Crippen molar-refractivity contribution in [3.8, 4) is 0 Å². The summed E-state index contributed by atoms with van der Waals surface area (Å²) in [5.74, 6) is -0.372. The van der Waals surface area contributed by atoms with Crippen molar-refractivity contribution in [3.63, 3.8) is 0 Å². The molecule has 126 valence electrons. The molecule has 0 heterocycles. The minimum absolute atomic E-state index is 0.268. The molecule has 0 spiro atoms. The lowest BCUT2D eigenvalue weighted by atomic mass is 10.1. The average Bonchev–Trinajstić information content (AvgIpc) is 3.11. The maximum atomic E-state index is 13.3. The zero-order valence-corrected chi connectivity index (χ0v) is 14.4. The number of carbonyl (C=O) groups is 1. The van der Waals surface area contributed by atoms with Gasteiger partial charge in [-0.05, 0) is 34.9 Å². The van der Waals surface area contributed by atoms with E-state index in [0.717, 1.165) is 16.7 Å². The predicted molar refractivity (Wildman–Crippen MR) is 95.1 cm³/mol. The molecule has 0 saturated heterocycles. The molecule has 0 bridgehead atoms. The molecule has 4 nitrogen and oxygen atoms in total. The Morgan fingerprint density at radius 1 is 1.00 bits per heavy atom. The number of esters is 1. The summed E-state index contributed by atoms with van der Waals surface area (Å²) >= 11 is 0. The maximum Gasteiger partial charge on any atom is 0.303 e. The molecule has 2 aliphatic rings. The van der Waals surface area contributed by atoms with Gasteiger partial charge >= 0.3 is 5.97 Å². The highest BCUT2D eigenvalue weighted by atomic mass is 32.2. The highest BCUT2D eigenvalue weighted by Gasteiger charge is 2.39. The zero-order chi connectivity index (χ0) is 17.6. The quantitative estimate of drug-likeness (QED) is 0.792. The number of allylic oxidation sites excluding steroid dienone is 1. The van der Waals surface area contributed by atoms with Gasteiger partial charge in [-0.2, -0.15) is 0 Å². The minimum Gasteiger partial charge on any atom is -0.458 e. The predicted octanol–water partition coefficient (Wildman–Crippen LogP) is 3.60. The third-order valence-electron chi connectivity index (χ3n) is 4.46. The van der Waals surface area contributed by atoms with Gasteiger partial charge in [-0.3, -0.25) is 4.79 Å². The van der Waals surface area contributed by atoms with Crippen LogP contribution in [-0.2, 0) is 19.4 Å². The van der Waals surface area contributed by atoms with Crippen molar-refractivity contribution >= 4 is 26.3 Å². The highest BCUT2D eigenvalue weighted by molar-refractivity contribution is 8.00. The van der Waals surface area contributed by atoms with E-state index in [1.54, 1.807) is 30.3 Å². The van der Waals surface area contributed by atoms with Crippen LogP contribution in [0.4, 0.5) is 0 Å². The molecular formula is C20H16O4S. The second-order valence-electron chi connectivity index (χ2n) is 6.10. The Bertz CT molecular complexity index is 1030. The third kappa shape index (κ3) is 2.51. The minimum atomic E-state index is -3.66. The molecule has 2 aliphatic carbocycles. The number of ether oxygens (including phenoxy) is 1. The van der Waals surface area contributed by atoms with Gasteiger partial charge in [-0.15, -0.1) is 0 Å². The van der Waals surface area contributed by atoms with Crippen molar-refractivity contribution in [3.05, 3.63) is 77.4 Å².